The zero-order valence-corrected chi connectivity index (χ0v) is 14.4. The summed E-state index contributed by atoms with van der Waals surface area (Å²) in [7, 11) is -1.20. The van der Waals surface area contributed by atoms with E-state index in [-0.39, 0.29) is 28.7 Å². The molecule has 0 radical (unpaired) electrons. The summed E-state index contributed by atoms with van der Waals surface area (Å²) >= 11 is 0. The van der Waals surface area contributed by atoms with E-state index in [1.807, 2.05) is 25.7 Å². The van der Waals surface area contributed by atoms with Crippen molar-refractivity contribution in [2.75, 3.05) is 18.8 Å². The van der Waals surface area contributed by atoms with Crippen molar-refractivity contribution in [1.29, 1.82) is 0 Å². The van der Waals surface area contributed by atoms with Gasteiger partial charge in [0.05, 0.1) is 0 Å². The maximum atomic E-state index is 12.2. The Morgan fingerprint density at radius 1 is 1.10 bits per heavy atom. The summed E-state index contributed by atoms with van der Waals surface area (Å²) in [6, 6.07) is -0.540. The van der Waals surface area contributed by atoms with Gasteiger partial charge in [-0.2, -0.15) is 0 Å². The van der Waals surface area contributed by atoms with E-state index in [1.165, 1.54) is 0 Å². The molecule has 1 rings (SSSR count). The maximum Gasteiger partial charge on any atom is 0.244 e. The standard InChI is InChI=1S/C15H28N2O3S/c1-11(2)13(4)21(20)10-14(18)16-12(3)15(19)17-8-6-5-7-9-17/h11-13H,5-10H2,1-4H3,(H,16,18)/t12-,13+,21-/m0/s1. The quantitative estimate of drug-likeness (QED) is 0.803. The van der Waals surface area contributed by atoms with Crippen LogP contribution in [0.25, 0.3) is 0 Å². The van der Waals surface area contributed by atoms with E-state index >= 15 is 0 Å². The molecule has 0 spiro atoms. The van der Waals surface area contributed by atoms with Gasteiger partial charge in [-0.15, -0.1) is 0 Å². The van der Waals surface area contributed by atoms with Gasteiger partial charge in [-0.3, -0.25) is 13.8 Å². The number of hydrogen-bond acceptors (Lipinski definition) is 3. The fourth-order valence-corrected chi connectivity index (χ4v) is 3.51. The van der Waals surface area contributed by atoms with Gasteiger partial charge in [0.2, 0.25) is 11.8 Å². The van der Waals surface area contributed by atoms with Crippen LogP contribution in [0, 0.1) is 5.92 Å². The first-order valence-electron chi connectivity index (χ1n) is 7.78. The number of rotatable bonds is 6. The third kappa shape index (κ3) is 5.77. The predicted octanol–water partition coefficient (Wildman–Crippen LogP) is 1.30. The molecule has 0 aliphatic carbocycles. The number of carbonyl (C=O) groups excluding carboxylic acids is 2. The van der Waals surface area contributed by atoms with Crippen LogP contribution in [0.15, 0.2) is 0 Å². The van der Waals surface area contributed by atoms with Gasteiger partial charge in [0.25, 0.3) is 0 Å². The maximum absolute atomic E-state index is 12.2. The Labute approximate surface area is 130 Å². The minimum atomic E-state index is -1.20. The van der Waals surface area contributed by atoms with Crippen LogP contribution in [0.1, 0.15) is 47.0 Å². The molecular formula is C15H28N2O3S. The van der Waals surface area contributed by atoms with Gasteiger partial charge in [-0.25, -0.2) is 0 Å². The van der Waals surface area contributed by atoms with Crippen molar-refractivity contribution in [3.05, 3.63) is 0 Å². The largest absolute Gasteiger partial charge is 0.344 e. The molecule has 1 aliphatic rings. The first-order valence-corrected chi connectivity index (χ1v) is 9.16. The average molecular weight is 316 g/mol. The van der Waals surface area contributed by atoms with Gasteiger partial charge in [0.1, 0.15) is 11.8 Å². The molecule has 3 atom stereocenters. The van der Waals surface area contributed by atoms with E-state index in [0.29, 0.717) is 0 Å². The molecule has 0 bridgehead atoms. The molecule has 1 aliphatic heterocycles. The van der Waals surface area contributed by atoms with E-state index in [0.717, 1.165) is 32.4 Å². The molecule has 2 amide bonds. The van der Waals surface area contributed by atoms with E-state index < -0.39 is 16.8 Å². The highest BCUT2D eigenvalue weighted by atomic mass is 32.2. The van der Waals surface area contributed by atoms with Gasteiger partial charge < -0.3 is 10.2 Å². The predicted molar refractivity (Wildman–Crippen MR) is 85.3 cm³/mol. The van der Waals surface area contributed by atoms with Crippen LogP contribution in [-0.4, -0.2) is 51.1 Å². The Balaban J connectivity index is 2.42. The lowest BCUT2D eigenvalue weighted by atomic mass is 10.1. The number of piperidine rings is 1. The van der Waals surface area contributed by atoms with Crippen LogP contribution in [0.5, 0.6) is 0 Å². The molecule has 0 aromatic rings. The van der Waals surface area contributed by atoms with Crippen molar-refractivity contribution in [3.8, 4) is 0 Å². The summed E-state index contributed by atoms with van der Waals surface area (Å²) in [5, 5.41) is 2.65. The second-order valence-corrected chi connectivity index (χ2v) is 7.94. The number of hydrogen-bond donors (Lipinski definition) is 1. The number of likely N-dealkylation sites (tertiary alicyclic amines) is 1. The lowest BCUT2D eigenvalue weighted by Crippen LogP contribution is -2.49. The van der Waals surface area contributed by atoms with Crippen LogP contribution < -0.4 is 5.32 Å². The van der Waals surface area contributed by atoms with E-state index in [9.17, 15) is 13.8 Å². The van der Waals surface area contributed by atoms with E-state index in [4.69, 9.17) is 0 Å². The second kappa shape index (κ2) is 8.51. The lowest BCUT2D eigenvalue weighted by molar-refractivity contribution is -0.136. The van der Waals surface area contributed by atoms with E-state index in [2.05, 4.69) is 5.32 Å². The SMILES string of the molecule is CC(C)[C@@H](C)[S@@](=O)CC(=O)N[C@@H](C)C(=O)N1CCCCC1. The monoisotopic (exact) mass is 316 g/mol. The zero-order valence-electron chi connectivity index (χ0n) is 13.6. The van der Waals surface area contributed by atoms with E-state index in [1.54, 1.807) is 6.92 Å². The molecule has 122 valence electrons. The third-order valence-corrected chi connectivity index (χ3v) is 5.96. The molecule has 0 aromatic carbocycles. The molecule has 1 heterocycles. The Hall–Kier alpha value is -0.910. The highest BCUT2D eigenvalue weighted by Crippen LogP contribution is 2.11. The van der Waals surface area contributed by atoms with Crippen molar-refractivity contribution >= 4 is 22.6 Å². The van der Waals surface area contributed by atoms with Crippen LogP contribution in [0.4, 0.5) is 0 Å². The zero-order chi connectivity index (χ0) is 16.0. The number of nitrogens with zero attached hydrogens (tertiary/aromatic N) is 1. The van der Waals surface area contributed by atoms with Gasteiger partial charge >= 0.3 is 0 Å². The Kier molecular flexibility index (Phi) is 7.35. The molecule has 1 N–H and O–H groups in total. The molecule has 0 saturated carbocycles. The molecule has 0 unspecified atom stereocenters. The van der Waals surface area contributed by atoms with Crippen LogP contribution in [0.3, 0.4) is 0 Å². The number of nitrogens with one attached hydrogen (secondary N) is 1. The van der Waals surface area contributed by atoms with Crippen LogP contribution in [0.2, 0.25) is 0 Å². The summed E-state index contributed by atoms with van der Waals surface area (Å²) in [4.78, 5) is 25.9. The second-order valence-electron chi connectivity index (χ2n) is 6.15. The van der Waals surface area contributed by atoms with Crippen LogP contribution in [-0.2, 0) is 20.4 Å². The van der Waals surface area contributed by atoms with Crippen molar-refractivity contribution in [1.82, 2.24) is 10.2 Å². The Bertz CT molecular complexity index is 392. The summed E-state index contributed by atoms with van der Waals surface area (Å²) < 4.78 is 12.0. The average Bonchev–Trinajstić information content (AvgIpc) is 2.46. The van der Waals surface area contributed by atoms with Crippen molar-refractivity contribution in [2.45, 2.75) is 58.2 Å². The lowest BCUT2D eigenvalue weighted by Gasteiger charge is -2.29. The molecule has 1 fully saturated rings. The summed E-state index contributed by atoms with van der Waals surface area (Å²) in [6.45, 7) is 9.11. The highest BCUT2D eigenvalue weighted by molar-refractivity contribution is 7.86. The minimum Gasteiger partial charge on any atom is -0.344 e. The number of amides is 2. The third-order valence-electron chi connectivity index (χ3n) is 4.04. The molecule has 5 nitrogen and oxygen atoms in total. The van der Waals surface area contributed by atoms with Crippen molar-refractivity contribution in [3.63, 3.8) is 0 Å². The first kappa shape index (κ1) is 18.1. The Morgan fingerprint density at radius 3 is 2.19 bits per heavy atom. The molecule has 6 heteroatoms. The first-order chi connectivity index (χ1) is 9.82. The van der Waals surface area contributed by atoms with Crippen LogP contribution >= 0.6 is 0 Å². The van der Waals surface area contributed by atoms with Crippen molar-refractivity contribution < 1.29 is 13.8 Å². The van der Waals surface area contributed by atoms with Crippen molar-refractivity contribution in [2.24, 2.45) is 5.92 Å². The molecule has 21 heavy (non-hydrogen) atoms. The van der Waals surface area contributed by atoms with Gasteiger partial charge in [-0.05, 0) is 32.1 Å². The smallest absolute Gasteiger partial charge is 0.244 e. The van der Waals surface area contributed by atoms with Gasteiger partial charge in [0.15, 0.2) is 0 Å². The molecule has 1 saturated heterocycles. The van der Waals surface area contributed by atoms with Gasteiger partial charge in [-0.1, -0.05) is 20.8 Å². The summed E-state index contributed by atoms with van der Waals surface area (Å²) in [5.74, 6) is -0.104. The topological polar surface area (TPSA) is 66.5 Å². The molecule has 0 aromatic heterocycles. The minimum absolute atomic E-state index is 0.0242. The Morgan fingerprint density at radius 2 is 1.67 bits per heavy atom. The summed E-state index contributed by atoms with van der Waals surface area (Å²) in [5.41, 5.74) is 0. The fraction of sp³-hybridized carbons (Fsp3) is 0.867. The number of carbonyl (C=O) groups is 2. The summed E-state index contributed by atoms with van der Waals surface area (Å²) in [6.07, 6.45) is 3.22. The molecular weight excluding hydrogens is 288 g/mol. The normalized spacial score (nSPS) is 20.0. The van der Waals surface area contributed by atoms with Gasteiger partial charge in [0, 0.05) is 29.1 Å². The fourth-order valence-electron chi connectivity index (χ4n) is 2.30. The highest BCUT2D eigenvalue weighted by Gasteiger charge is 2.25.